The molecule has 1 aromatic rings. The minimum atomic E-state index is -1.17. The predicted molar refractivity (Wildman–Crippen MR) is 129 cm³/mol. The number of hydrogen-bond acceptors (Lipinski definition) is 7. The SMILES string of the molecule is CCOc1cc(C2C3=C(CCCC3=O)N(CCC(=O)O)C3=C2C(=O)CCC3)cc(Cl)c1OCC(=O)O. The van der Waals surface area contributed by atoms with Gasteiger partial charge in [0.25, 0.3) is 0 Å². The number of carboxylic acids is 2. The highest BCUT2D eigenvalue weighted by Crippen LogP contribution is 2.51. The van der Waals surface area contributed by atoms with E-state index in [9.17, 15) is 24.3 Å². The number of carbonyl (C=O) groups excluding carboxylic acids is 2. The van der Waals surface area contributed by atoms with Crippen LogP contribution in [0.1, 0.15) is 63.4 Å². The van der Waals surface area contributed by atoms with Crippen molar-refractivity contribution in [2.24, 2.45) is 0 Å². The number of nitrogens with zero attached hydrogens (tertiary/aromatic N) is 1. The van der Waals surface area contributed by atoms with E-state index in [0.717, 1.165) is 11.4 Å². The molecule has 0 amide bonds. The Morgan fingerprint density at radius 1 is 0.972 bits per heavy atom. The number of Topliss-reactive ketones (excluding diaryl/α,β-unsaturated/α-hetero) is 2. The van der Waals surface area contributed by atoms with Crippen LogP contribution in [-0.4, -0.2) is 58.4 Å². The van der Waals surface area contributed by atoms with Gasteiger partial charge < -0.3 is 24.6 Å². The molecule has 0 fully saturated rings. The summed E-state index contributed by atoms with van der Waals surface area (Å²) >= 11 is 6.53. The maximum absolute atomic E-state index is 13.3. The summed E-state index contributed by atoms with van der Waals surface area (Å²) in [6.07, 6.45) is 3.07. The average molecular weight is 518 g/mol. The molecule has 3 aliphatic rings. The number of carbonyl (C=O) groups is 4. The van der Waals surface area contributed by atoms with E-state index >= 15 is 0 Å². The Hall–Kier alpha value is -3.33. The number of rotatable bonds is 9. The highest BCUT2D eigenvalue weighted by molar-refractivity contribution is 6.32. The van der Waals surface area contributed by atoms with E-state index in [4.69, 9.17) is 26.2 Å². The summed E-state index contributed by atoms with van der Waals surface area (Å²) in [7, 11) is 0. The number of benzene rings is 1. The van der Waals surface area contributed by atoms with E-state index in [1.54, 1.807) is 19.1 Å². The van der Waals surface area contributed by atoms with Crippen molar-refractivity contribution in [3.63, 3.8) is 0 Å². The van der Waals surface area contributed by atoms with Crippen molar-refractivity contribution in [3.8, 4) is 11.5 Å². The van der Waals surface area contributed by atoms with Gasteiger partial charge in [0, 0.05) is 47.8 Å². The normalized spacial score (nSPS) is 18.2. The lowest BCUT2D eigenvalue weighted by atomic mass is 9.71. The van der Waals surface area contributed by atoms with Gasteiger partial charge in [0.1, 0.15) is 0 Å². The van der Waals surface area contributed by atoms with Gasteiger partial charge in [0.05, 0.1) is 18.1 Å². The molecule has 4 rings (SSSR count). The summed E-state index contributed by atoms with van der Waals surface area (Å²) in [4.78, 5) is 51.0. The molecule has 9 nitrogen and oxygen atoms in total. The fraction of sp³-hybridized carbons (Fsp3) is 0.462. The first kappa shape index (κ1) is 25.8. The lowest BCUT2D eigenvalue weighted by Gasteiger charge is -2.44. The first-order chi connectivity index (χ1) is 17.2. The Morgan fingerprint density at radius 2 is 1.58 bits per heavy atom. The van der Waals surface area contributed by atoms with Crippen molar-refractivity contribution in [2.75, 3.05) is 19.8 Å². The number of allylic oxidation sites excluding steroid dienone is 4. The van der Waals surface area contributed by atoms with Crippen LogP contribution in [0.2, 0.25) is 5.02 Å². The van der Waals surface area contributed by atoms with Crippen LogP contribution in [0.25, 0.3) is 0 Å². The number of ketones is 2. The quantitative estimate of drug-likeness (QED) is 0.497. The second kappa shape index (κ2) is 10.7. The van der Waals surface area contributed by atoms with Crippen molar-refractivity contribution >= 4 is 35.1 Å². The van der Waals surface area contributed by atoms with Crippen LogP contribution < -0.4 is 9.47 Å². The third kappa shape index (κ3) is 4.97. The molecule has 0 radical (unpaired) electrons. The first-order valence-corrected chi connectivity index (χ1v) is 12.4. The molecule has 2 N–H and O–H groups in total. The summed E-state index contributed by atoms with van der Waals surface area (Å²) in [5, 5.41) is 18.5. The van der Waals surface area contributed by atoms with Gasteiger partial charge in [-0.1, -0.05) is 11.6 Å². The van der Waals surface area contributed by atoms with Crippen molar-refractivity contribution in [1.82, 2.24) is 4.90 Å². The van der Waals surface area contributed by atoms with Crippen LogP contribution >= 0.6 is 11.6 Å². The lowest BCUT2D eigenvalue weighted by molar-refractivity contribution is -0.139. The Kier molecular flexibility index (Phi) is 7.68. The Balaban J connectivity index is 1.90. The monoisotopic (exact) mass is 517 g/mol. The molecule has 36 heavy (non-hydrogen) atoms. The van der Waals surface area contributed by atoms with Crippen molar-refractivity contribution < 1.29 is 38.9 Å². The summed E-state index contributed by atoms with van der Waals surface area (Å²) in [6.45, 7) is 1.60. The first-order valence-electron chi connectivity index (χ1n) is 12.1. The van der Waals surface area contributed by atoms with Gasteiger partial charge in [0.15, 0.2) is 29.7 Å². The van der Waals surface area contributed by atoms with E-state index in [2.05, 4.69) is 0 Å². The zero-order valence-corrected chi connectivity index (χ0v) is 20.7. The molecule has 0 atom stereocenters. The van der Waals surface area contributed by atoms with E-state index in [-0.39, 0.29) is 47.7 Å². The standard InChI is InChI=1S/C26H28ClNO8/c1-2-35-20-12-14(11-15(27)26(20)36-13-22(33)34)23-24-16(5-3-7-18(24)29)28(10-9-21(31)32)17-6-4-8-19(30)25(17)23/h11-12,23H,2-10,13H2,1H3,(H,31,32)(H,33,34). The predicted octanol–water partition coefficient (Wildman–Crippen LogP) is 4.09. The number of aliphatic carboxylic acids is 2. The van der Waals surface area contributed by atoms with Crippen LogP contribution in [0.3, 0.4) is 0 Å². The summed E-state index contributed by atoms with van der Waals surface area (Å²) in [6, 6.07) is 3.25. The maximum Gasteiger partial charge on any atom is 0.341 e. The van der Waals surface area contributed by atoms with Crippen LogP contribution in [0.4, 0.5) is 0 Å². The molecule has 10 heteroatoms. The van der Waals surface area contributed by atoms with Gasteiger partial charge in [-0.05, 0) is 50.3 Å². The highest BCUT2D eigenvalue weighted by Gasteiger charge is 2.43. The summed E-state index contributed by atoms with van der Waals surface area (Å²) in [5.41, 5.74) is 3.11. The molecule has 0 bridgehead atoms. The third-order valence-electron chi connectivity index (χ3n) is 6.64. The number of ether oxygens (including phenoxy) is 2. The topological polar surface area (TPSA) is 130 Å². The maximum atomic E-state index is 13.3. The molecule has 0 unspecified atom stereocenters. The van der Waals surface area contributed by atoms with E-state index in [1.165, 1.54) is 0 Å². The lowest BCUT2D eigenvalue weighted by Crippen LogP contribution is -2.39. The minimum absolute atomic E-state index is 0.0771. The van der Waals surface area contributed by atoms with E-state index in [0.29, 0.717) is 55.2 Å². The number of carboxylic acid groups (broad SMARTS) is 2. The van der Waals surface area contributed by atoms with Gasteiger partial charge in [-0.3, -0.25) is 14.4 Å². The van der Waals surface area contributed by atoms with Crippen LogP contribution in [0.5, 0.6) is 11.5 Å². The van der Waals surface area contributed by atoms with Crippen molar-refractivity contribution in [2.45, 2.75) is 57.8 Å². The second-order valence-corrected chi connectivity index (χ2v) is 9.36. The zero-order chi connectivity index (χ0) is 26.0. The third-order valence-corrected chi connectivity index (χ3v) is 6.92. The molecule has 1 heterocycles. The van der Waals surface area contributed by atoms with Crippen molar-refractivity contribution in [1.29, 1.82) is 0 Å². The second-order valence-electron chi connectivity index (χ2n) is 8.95. The van der Waals surface area contributed by atoms with Gasteiger partial charge >= 0.3 is 11.9 Å². The average Bonchev–Trinajstić information content (AvgIpc) is 2.81. The van der Waals surface area contributed by atoms with Gasteiger partial charge in [-0.15, -0.1) is 0 Å². The molecular weight excluding hydrogens is 490 g/mol. The fourth-order valence-corrected chi connectivity index (χ4v) is 5.59. The Morgan fingerprint density at radius 3 is 2.11 bits per heavy atom. The molecule has 0 saturated carbocycles. The molecule has 1 aromatic carbocycles. The molecule has 0 saturated heterocycles. The molecule has 0 aromatic heterocycles. The smallest absolute Gasteiger partial charge is 0.341 e. The van der Waals surface area contributed by atoms with Gasteiger partial charge in [0.2, 0.25) is 0 Å². The summed E-state index contributed by atoms with van der Waals surface area (Å²) < 4.78 is 11.1. The van der Waals surface area contributed by atoms with Crippen molar-refractivity contribution in [3.05, 3.63) is 45.3 Å². The highest BCUT2D eigenvalue weighted by atomic mass is 35.5. The molecule has 0 spiro atoms. The molecular formula is C26H28ClNO8. The summed E-state index contributed by atoms with van der Waals surface area (Å²) in [5.74, 6) is -2.63. The largest absolute Gasteiger partial charge is 0.490 e. The number of hydrogen-bond donors (Lipinski definition) is 2. The van der Waals surface area contributed by atoms with E-state index < -0.39 is 24.5 Å². The zero-order valence-electron chi connectivity index (χ0n) is 20.0. The van der Waals surface area contributed by atoms with Crippen LogP contribution in [0, 0.1) is 0 Å². The molecule has 2 aliphatic carbocycles. The minimum Gasteiger partial charge on any atom is -0.490 e. The van der Waals surface area contributed by atoms with E-state index in [1.807, 2.05) is 4.90 Å². The molecule has 192 valence electrons. The van der Waals surface area contributed by atoms with Crippen LogP contribution in [0.15, 0.2) is 34.7 Å². The van der Waals surface area contributed by atoms with Crippen LogP contribution in [-0.2, 0) is 19.2 Å². The fourth-order valence-electron chi connectivity index (χ4n) is 5.32. The van der Waals surface area contributed by atoms with Gasteiger partial charge in [-0.25, -0.2) is 4.79 Å². The van der Waals surface area contributed by atoms with Gasteiger partial charge in [-0.2, -0.15) is 0 Å². The Bertz CT molecular complexity index is 1140. The molecule has 1 aliphatic heterocycles. The number of halogens is 1. The Labute approximate surface area is 213 Å².